The van der Waals surface area contributed by atoms with Gasteiger partial charge in [0.05, 0.1) is 0 Å². The van der Waals surface area contributed by atoms with E-state index in [-0.39, 0.29) is 11.0 Å². The minimum absolute atomic E-state index is 0.0613. The van der Waals surface area contributed by atoms with Crippen LogP contribution in [0.25, 0.3) is 5.76 Å². The Morgan fingerprint density at radius 1 is 1.50 bits per heavy atom. The fraction of sp³-hybridized carbons (Fsp3) is 0.125. The van der Waals surface area contributed by atoms with Crippen LogP contribution < -0.4 is 5.11 Å². The summed E-state index contributed by atoms with van der Waals surface area (Å²) in [6.45, 7) is 0. The van der Waals surface area contributed by atoms with Crippen molar-refractivity contribution >= 4 is 22.9 Å². The molecule has 0 bridgehead atoms. The highest BCUT2D eigenvalue weighted by atomic mass is 32.1. The zero-order valence-electron chi connectivity index (χ0n) is 6.67. The van der Waals surface area contributed by atoms with Gasteiger partial charge in [-0.3, -0.25) is 4.79 Å². The summed E-state index contributed by atoms with van der Waals surface area (Å²) in [6, 6.07) is 2.87. The summed E-state index contributed by atoms with van der Waals surface area (Å²) < 4.78 is 35.2. The molecule has 76 valence electrons. The van der Waals surface area contributed by atoms with Crippen molar-refractivity contribution in [1.29, 1.82) is 0 Å². The summed E-state index contributed by atoms with van der Waals surface area (Å²) in [7, 11) is 0. The van der Waals surface area contributed by atoms with Gasteiger partial charge in [-0.25, -0.2) is 0 Å². The van der Waals surface area contributed by atoms with Crippen LogP contribution in [0.1, 0.15) is 4.88 Å². The maximum Gasteiger partial charge on any atom is 0.454 e. The maximum atomic E-state index is 11.7. The van der Waals surface area contributed by atoms with Crippen molar-refractivity contribution in [2.45, 2.75) is 6.18 Å². The Hall–Kier alpha value is -1.30. The van der Waals surface area contributed by atoms with Crippen molar-refractivity contribution in [3.05, 3.63) is 28.5 Å². The molecule has 0 aliphatic carbocycles. The Bertz CT molecular complexity index is 351. The van der Waals surface area contributed by atoms with Crippen LogP contribution in [0.15, 0.2) is 23.6 Å². The molecule has 2 nitrogen and oxygen atoms in total. The highest BCUT2D eigenvalue weighted by Gasteiger charge is 2.36. The Morgan fingerprint density at radius 3 is 2.57 bits per heavy atom. The normalized spacial score (nSPS) is 12.9. The van der Waals surface area contributed by atoms with Gasteiger partial charge in [0, 0.05) is 4.88 Å². The number of alkyl halides is 3. The molecule has 1 aromatic heterocycles. The minimum atomic E-state index is -4.98. The van der Waals surface area contributed by atoms with Gasteiger partial charge in [-0.15, -0.1) is 11.3 Å². The third kappa shape index (κ3) is 2.59. The summed E-state index contributed by atoms with van der Waals surface area (Å²) in [6.07, 6.45) is -4.92. The van der Waals surface area contributed by atoms with Gasteiger partial charge in [0.1, 0.15) is 0 Å². The largest absolute Gasteiger partial charge is 0.871 e. The topological polar surface area (TPSA) is 40.1 Å². The van der Waals surface area contributed by atoms with Gasteiger partial charge in [0.25, 0.3) is 5.78 Å². The smallest absolute Gasteiger partial charge is 0.454 e. The van der Waals surface area contributed by atoms with Crippen LogP contribution >= 0.6 is 11.3 Å². The number of allylic oxidation sites excluding steroid dienone is 1. The molecule has 0 saturated heterocycles. The molecule has 0 aliphatic heterocycles. The van der Waals surface area contributed by atoms with E-state index in [0.29, 0.717) is 0 Å². The number of ketones is 1. The molecule has 0 spiro atoms. The number of halogens is 3. The molecule has 0 N–H and O–H groups in total. The molecule has 0 amide bonds. The number of carbonyl (C=O) groups excluding carboxylic acids is 1. The summed E-state index contributed by atoms with van der Waals surface area (Å²) in [5.74, 6) is -3.04. The van der Waals surface area contributed by atoms with Crippen LogP contribution in [0.2, 0.25) is 0 Å². The quantitative estimate of drug-likeness (QED) is 0.562. The van der Waals surface area contributed by atoms with E-state index >= 15 is 0 Å². The lowest BCUT2D eigenvalue weighted by Crippen LogP contribution is -2.21. The van der Waals surface area contributed by atoms with Gasteiger partial charge >= 0.3 is 6.18 Å². The third-order valence-corrected chi connectivity index (χ3v) is 2.19. The van der Waals surface area contributed by atoms with Crippen LogP contribution in [0.3, 0.4) is 0 Å². The monoisotopic (exact) mass is 221 g/mol. The van der Waals surface area contributed by atoms with E-state index in [1.807, 2.05) is 0 Å². The molecule has 14 heavy (non-hydrogen) atoms. The van der Waals surface area contributed by atoms with E-state index in [0.717, 1.165) is 11.3 Å². The number of rotatable bonds is 2. The van der Waals surface area contributed by atoms with Crippen molar-refractivity contribution < 1.29 is 23.1 Å². The Kier molecular flexibility index (Phi) is 2.95. The van der Waals surface area contributed by atoms with Crippen molar-refractivity contribution in [1.82, 2.24) is 0 Å². The molecule has 0 radical (unpaired) electrons. The van der Waals surface area contributed by atoms with E-state index in [9.17, 15) is 23.1 Å². The molecule has 1 heterocycles. The molecule has 1 rings (SSSR count). The first kappa shape index (κ1) is 10.8. The second-order valence-corrected chi connectivity index (χ2v) is 3.30. The van der Waals surface area contributed by atoms with E-state index in [2.05, 4.69) is 0 Å². The molecule has 0 aliphatic rings. The minimum Gasteiger partial charge on any atom is -0.871 e. The van der Waals surface area contributed by atoms with Crippen LogP contribution in [0.4, 0.5) is 13.2 Å². The lowest BCUT2D eigenvalue weighted by molar-refractivity contribution is -0.243. The lowest BCUT2D eigenvalue weighted by atomic mass is 10.3. The average Bonchev–Trinajstić information content (AvgIpc) is 2.53. The van der Waals surface area contributed by atoms with Crippen molar-refractivity contribution in [2.24, 2.45) is 0 Å². The molecular formula is C8H4F3O2S-. The summed E-state index contributed by atoms with van der Waals surface area (Å²) in [4.78, 5) is 10.5. The third-order valence-electron chi connectivity index (χ3n) is 1.31. The van der Waals surface area contributed by atoms with Gasteiger partial charge in [0.2, 0.25) is 0 Å². The van der Waals surface area contributed by atoms with Gasteiger partial charge < -0.3 is 5.11 Å². The van der Waals surface area contributed by atoms with Gasteiger partial charge in [-0.1, -0.05) is 11.8 Å². The summed E-state index contributed by atoms with van der Waals surface area (Å²) >= 11 is 0.983. The lowest BCUT2D eigenvalue weighted by Gasteiger charge is -2.09. The first-order valence-corrected chi connectivity index (χ1v) is 4.33. The highest BCUT2D eigenvalue weighted by molar-refractivity contribution is 7.11. The van der Waals surface area contributed by atoms with Crippen LogP contribution in [0.5, 0.6) is 0 Å². The molecule has 6 heteroatoms. The maximum absolute atomic E-state index is 11.7. The Labute approximate surface area is 81.3 Å². The van der Waals surface area contributed by atoms with E-state index in [1.54, 1.807) is 5.38 Å². The molecule has 0 saturated carbocycles. The first-order valence-electron chi connectivity index (χ1n) is 3.45. The molecule has 0 atom stereocenters. The van der Waals surface area contributed by atoms with Crippen LogP contribution in [-0.2, 0) is 4.79 Å². The molecule has 1 aromatic rings. The molecule has 0 unspecified atom stereocenters. The van der Waals surface area contributed by atoms with Gasteiger partial charge in [-0.2, -0.15) is 13.2 Å². The molecule has 0 aromatic carbocycles. The van der Waals surface area contributed by atoms with E-state index < -0.39 is 17.7 Å². The zero-order chi connectivity index (χ0) is 10.8. The second kappa shape index (κ2) is 3.83. The fourth-order valence-electron chi connectivity index (χ4n) is 0.691. The van der Waals surface area contributed by atoms with Crippen LogP contribution in [-0.4, -0.2) is 12.0 Å². The Morgan fingerprint density at radius 2 is 2.14 bits per heavy atom. The predicted octanol–water partition coefficient (Wildman–Crippen LogP) is 1.58. The van der Waals surface area contributed by atoms with Crippen molar-refractivity contribution in [3.8, 4) is 0 Å². The second-order valence-electron chi connectivity index (χ2n) is 2.35. The van der Waals surface area contributed by atoms with Gasteiger partial charge in [-0.05, 0) is 17.5 Å². The van der Waals surface area contributed by atoms with E-state index in [4.69, 9.17) is 0 Å². The SMILES string of the molecule is O=C(C=C([O-])c1cccs1)C(F)(F)F. The first-order chi connectivity index (χ1) is 6.41. The summed E-state index contributed by atoms with van der Waals surface area (Å²) in [5, 5.41) is 12.5. The van der Waals surface area contributed by atoms with E-state index in [1.165, 1.54) is 12.1 Å². The fourth-order valence-corrected chi connectivity index (χ4v) is 1.33. The molecular weight excluding hydrogens is 217 g/mol. The highest BCUT2D eigenvalue weighted by Crippen LogP contribution is 2.20. The number of thiophene rings is 1. The van der Waals surface area contributed by atoms with Crippen LogP contribution in [0, 0.1) is 0 Å². The Balaban J connectivity index is 2.85. The zero-order valence-corrected chi connectivity index (χ0v) is 7.48. The standard InChI is InChI=1S/C8H5F3O2S/c9-8(10,11)7(13)4-5(12)6-2-1-3-14-6/h1-4,12H/p-1. The van der Waals surface area contributed by atoms with Crippen molar-refractivity contribution in [3.63, 3.8) is 0 Å². The molecule has 0 fully saturated rings. The summed E-state index contributed by atoms with van der Waals surface area (Å²) in [5.41, 5.74) is 0. The number of carbonyl (C=O) groups is 1. The average molecular weight is 221 g/mol. The van der Waals surface area contributed by atoms with Crippen molar-refractivity contribution in [2.75, 3.05) is 0 Å². The number of hydrogen-bond donors (Lipinski definition) is 0. The number of hydrogen-bond acceptors (Lipinski definition) is 3. The predicted molar refractivity (Wildman–Crippen MR) is 43.4 cm³/mol. The van der Waals surface area contributed by atoms with Gasteiger partial charge in [0.15, 0.2) is 0 Å².